The third-order valence-corrected chi connectivity index (χ3v) is 18.1. The van der Waals surface area contributed by atoms with E-state index in [-0.39, 0.29) is 61.9 Å². The van der Waals surface area contributed by atoms with Gasteiger partial charge in [-0.15, -0.1) is 0 Å². The molecule has 3 saturated heterocycles. The summed E-state index contributed by atoms with van der Waals surface area (Å²) in [5.74, 6) is -9.08. The zero-order valence-electron chi connectivity index (χ0n) is 51.2. The van der Waals surface area contributed by atoms with Crippen LogP contribution in [0.1, 0.15) is 146 Å². The summed E-state index contributed by atoms with van der Waals surface area (Å²) >= 11 is 0. The van der Waals surface area contributed by atoms with Gasteiger partial charge in [-0.3, -0.25) is 24.0 Å². The van der Waals surface area contributed by atoms with E-state index in [1.54, 1.807) is 48.8 Å². The molecule has 0 radical (unpaired) electrons. The van der Waals surface area contributed by atoms with Gasteiger partial charge in [0.05, 0.1) is 37.6 Å². The van der Waals surface area contributed by atoms with Gasteiger partial charge in [-0.25, -0.2) is 4.79 Å². The van der Waals surface area contributed by atoms with Crippen molar-refractivity contribution in [1.29, 1.82) is 0 Å². The molecule has 18 heteroatoms. The first-order valence-corrected chi connectivity index (χ1v) is 32.8. The van der Waals surface area contributed by atoms with Crippen molar-refractivity contribution in [2.75, 3.05) is 41.1 Å². The minimum atomic E-state index is -2.45. The molecule has 0 aromatic carbocycles. The fourth-order valence-electron chi connectivity index (χ4n) is 11.9. The van der Waals surface area contributed by atoms with Crippen molar-refractivity contribution in [2.45, 2.75) is 226 Å². The highest BCUT2D eigenvalue weighted by atomic mass is 28.4. The SMILES string of the molecule is COC1CC2CCC(C)C(O)(O2)C(=O)C(=O)N2CCCCC2C(=O)OC(C(C)CC2CCC(OC(=O)C3(C)COC(C)(C)OC3)C(OC)C2)CC(=O)C(C)/C=C(\C)C(O[Si](C)(C)C)C(OC)C(=O)C(C)CC(C)/C=C/C=C/C=C/1C. The number of hydrogen-bond acceptors (Lipinski definition) is 16. The van der Waals surface area contributed by atoms with E-state index in [9.17, 15) is 33.9 Å². The first kappa shape index (κ1) is 67.1. The number of amides is 1. The lowest BCUT2D eigenvalue weighted by Gasteiger charge is -2.43. The second-order valence-corrected chi connectivity index (χ2v) is 30.2. The molecule has 1 aliphatic carbocycles. The Bertz CT molecular complexity index is 2260. The summed E-state index contributed by atoms with van der Waals surface area (Å²) in [6.45, 7) is 25.0. The number of carbonyl (C=O) groups excluding carboxylic acids is 6. The Morgan fingerprint density at radius 2 is 1.50 bits per heavy atom. The monoisotopic (exact) mass is 1140 g/mol. The van der Waals surface area contributed by atoms with Gasteiger partial charge < -0.3 is 52.3 Å². The Morgan fingerprint density at radius 1 is 0.812 bits per heavy atom. The van der Waals surface area contributed by atoms with Crippen molar-refractivity contribution in [3.63, 3.8) is 0 Å². The zero-order valence-corrected chi connectivity index (χ0v) is 52.2. The lowest BCUT2D eigenvalue weighted by atomic mass is 9.78. The van der Waals surface area contributed by atoms with E-state index in [0.29, 0.717) is 69.8 Å². The van der Waals surface area contributed by atoms with E-state index in [1.165, 1.54) is 12.0 Å². The second-order valence-electron chi connectivity index (χ2n) is 25.7. The number of ketones is 3. The molecule has 80 heavy (non-hydrogen) atoms. The minimum Gasteiger partial charge on any atom is -0.460 e. The standard InChI is InChI=1S/C62H99NO16Si/c1-38-22-18-17-19-23-39(2)50(71-11)34-46-27-25-44(7)62(70,78-46)56(66)57(67)63-29-21-20-24-47(63)58(68)76-51(35-48(64)40(3)31-43(6)54(79-80(14,15)16)55(73-13)53(65)42(5)30-38)41(4)32-45-26-28-49(52(33-45)72-12)77-59(69)61(10)36-74-60(8,9)75-37-61/h17-19,22-23,31,38,40-42,44-47,49-52,54-55,70H,20-21,24-30,32-37H2,1-16H3/b19-17+,22-18+,39-23+,43-31+. The molecule has 0 aromatic heterocycles. The number of ether oxygens (including phenoxy) is 8. The molecule has 452 valence electrons. The third kappa shape index (κ3) is 17.9. The molecule has 15 unspecified atom stereocenters. The van der Waals surface area contributed by atoms with E-state index in [1.807, 2.05) is 83.8 Å². The summed E-state index contributed by atoms with van der Waals surface area (Å²) in [7, 11) is 2.36. The molecule has 15 atom stereocenters. The molecule has 1 N–H and O–H groups in total. The van der Waals surface area contributed by atoms with Crippen molar-refractivity contribution in [1.82, 2.24) is 4.90 Å². The highest BCUT2D eigenvalue weighted by Gasteiger charge is 2.53. The third-order valence-electron chi connectivity index (χ3n) is 17.1. The Morgan fingerprint density at radius 3 is 2.14 bits per heavy atom. The molecule has 17 nitrogen and oxygen atoms in total. The predicted molar refractivity (Wildman–Crippen MR) is 305 cm³/mol. The van der Waals surface area contributed by atoms with Crippen LogP contribution < -0.4 is 0 Å². The Hall–Kier alpha value is -3.72. The number of hydrogen-bond donors (Lipinski definition) is 1. The number of cyclic esters (lactones) is 1. The van der Waals surface area contributed by atoms with Crippen LogP contribution in [0.4, 0.5) is 0 Å². The van der Waals surface area contributed by atoms with Gasteiger partial charge >= 0.3 is 11.9 Å². The molecular formula is C62H99NO16Si. The molecule has 1 amide bonds. The first-order valence-electron chi connectivity index (χ1n) is 29.4. The Balaban J connectivity index is 1.48. The van der Waals surface area contributed by atoms with Crippen LogP contribution in [0.15, 0.2) is 47.6 Å². The summed E-state index contributed by atoms with van der Waals surface area (Å²) < 4.78 is 55.0. The van der Waals surface area contributed by atoms with Crippen molar-refractivity contribution in [2.24, 2.45) is 40.9 Å². The van der Waals surface area contributed by atoms with Gasteiger partial charge in [-0.05, 0) is 147 Å². The molecule has 4 fully saturated rings. The maximum Gasteiger partial charge on any atom is 0.329 e. The van der Waals surface area contributed by atoms with Gasteiger partial charge in [-0.1, -0.05) is 71.1 Å². The quantitative estimate of drug-likeness (QED) is 0.0935. The van der Waals surface area contributed by atoms with Gasteiger partial charge in [0.25, 0.3) is 11.7 Å². The smallest absolute Gasteiger partial charge is 0.329 e. The summed E-state index contributed by atoms with van der Waals surface area (Å²) in [4.78, 5) is 87.6. The fraction of sp³-hybridized carbons (Fsp3) is 0.774. The number of allylic oxidation sites excluding steroid dienone is 6. The summed E-state index contributed by atoms with van der Waals surface area (Å²) in [5, 5.41) is 12.1. The van der Waals surface area contributed by atoms with Crippen LogP contribution in [-0.4, -0.2) is 155 Å². The number of methoxy groups -OCH3 is 3. The number of esters is 2. The number of Topliss-reactive ketones (excluding diaryl/α,β-unsaturated/α-hetero) is 3. The van der Waals surface area contributed by atoms with E-state index in [2.05, 4.69) is 6.92 Å². The average molecular weight is 1140 g/mol. The number of nitrogens with zero attached hydrogens (tertiary/aromatic N) is 1. The number of piperidine rings is 1. The van der Waals surface area contributed by atoms with E-state index >= 15 is 0 Å². The highest BCUT2D eigenvalue weighted by molar-refractivity contribution is 6.69. The predicted octanol–water partition coefficient (Wildman–Crippen LogP) is 9.38. The van der Waals surface area contributed by atoms with Crippen molar-refractivity contribution >= 4 is 43.5 Å². The maximum absolute atomic E-state index is 14.8. The average Bonchev–Trinajstić information content (AvgIpc) is 3.40. The van der Waals surface area contributed by atoms with Crippen LogP contribution in [0.3, 0.4) is 0 Å². The zero-order chi connectivity index (χ0) is 59.5. The van der Waals surface area contributed by atoms with Gasteiger partial charge in [0.1, 0.15) is 35.6 Å². The van der Waals surface area contributed by atoms with Gasteiger partial charge in [0, 0.05) is 58.5 Å². The first-order chi connectivity index (χ1) is 37.5. The number of carbonyl (C=O) groups is 6. The summed E-state index contributed by atoms with van der Waals surface area (Å²) in [5.41, 5.74) is 0.561. The van der Waals surface area contributed by atoms with Gasteiger partial charge in [0.2, 0.25) is 5.79 Å². The minimum absolute atomic E-state index is 0.0263. The van der Waals surface area contributed by atoms with E-state index < -0.39 is 115 Å². The summed E-state index contributed by atoms with van der Waals surface area (Å²) in [6, 6.07) is -1.17. The van der Waals surface area contributed by atoms with Gasteiger partial charge in [0.15, 0.2) is 19.9 Å². The van der Waals surface area contributed by atoms with Crippen LogP contribution in [-0.2, 0) is 71.1 Å². The highest BCUT2D eigenvalue weighted by Crippen LogP contribution is 2.40. The van der Waals surface area contributed by atoms with Crippen molar-refractivity contribution in [3.8, 4) is 0 Å². The molecular weight excluding hydrogens is 1040 g/mol. The fourth-order valence-corrected chi connectivity index (χ4v) is 13.0. The van der Waals surface area contributed by atoms with Crippen LogP contribution in [0.5, 0.6) is 0 Å². The molecule has 0 spiro atoms. The Kier molecular flexibility index (Phi) is 24.5. The van der Waals surface area contributed by atoms with Crippen LogP contribution in [0.25, 0.3) is 0 Å². The topological polar surface area (TPSA) is 209 Å². The lowest BCUT2D eigenvalue weighted by Crippen LogP contribution is -2.61. The molecule has 1 saturated carbocycles. The molecule has 5 rings (SSSR count). The Labute approximate surface area is 478 Å². The number of fused-ring (bicyclic) bond motifs is 3. The van der Waals surface area contributed by atoms with E-state index in [4.69, 9.17) is 42.3 Å². The number of aliphatic hydroxyl groups is 1. The molecule has 4 aliphatic heterocycles. The van der Waals surface area contributed by atoms with Crippen molar-refractivity contribution in [3.05, 3.63) is 47.6 Å². The molecule has 4 heterocycles. The molecule has 2 bridgehead atoms. The van der Waals surface area contributed by atoms with Crippen molar-refractivity contribution < 1.29 is 76.2 Å². The van der Waals surface area contributed by atoms with Gasteiger partial charge in [-0.2, -0.15) is 0 Å². The largest absolute Gasteiger partial charge is 0.460 e. The van der Waals surface area contributed by atoms with Crippen LogP contribution >= 0.6 is 0 Å². The normalized spacial score (nSPS) is 37.7. The summed E-state index contributed by atoms with van der Waals surface area (Å²) in [6.07, 6.45) is 12.0. The number of rotatable bonds is 10. The second kappa shape index (κ2) is 29.2. The van der Waals surface area contributed by atoms with E-state index in [0.717, 1.165) is 5.57 Å². The van der Waals surface area contributed by atoms with Crippen LogP contribution in [0.2, 0.25) is 19.6 Å². The molecule has 5 aliphatic rings. The molecule has 0 aromatic rings. The lowest BCUT2D eigenvalue weighted by molar-refractivity contribution is -0.283. The van der Waals surface area contributed by atoms with Crippen LogP contribution in [0, 0.1) is 40.9 Å². The maximum atomic E-state index is 14.8.